The Labute approximate surface area is 193 Å². The normalized spacial score (nSPS) is 12.4. The van der Waals surface area contributed by atoms with Crippen molar-refractivity contribution in [2.75, 3.05) is 20.4 Å². The zero-order valence-corrected chi connectivity index (χ0v) is 19.2. The maximum atomic E-state index is 5.43. The second-order valence-corrected chi connectivity index (χ2v) is 6.85. The summed E-state index contributed by atoms with van der Waals surface area (Å²) < 4.78 is 12.8. The molecule has 0 atom stereocenters. The van der Waals surface area contributed by atoms with E-state index in [1.54, 1.807) is 13.2 Å². The molecule has 4 rings (SSSR count). The number of fused-ring (bicyclic) bond motifs is 1. The zero-order chi connectivity index (χ0) is 19.9. The number of ether oxygens (including phenoxy) is 2. The minimum Gasteiger partial charge on any atom is -0.454 e. The third-order valence-electron chi connectivity index (χ3n) is 4.74. The number of rotatable bonds is 7. The molecule has 1 aromatic heterocycles. The number of guanidine groups is 1. The van der Waals surface area contributed by atoms with E-state index in [9.17, 15) is 0 Å². The van der Waals surface area contributed by atoms with Gasteiger partial charge in [-0.1, -0.05) is 30.3 Å². The molecule has 2 aromatic carbocycles. The Morgan fingerprint density at radius 2 is 1.93 bits per heavy atom. The third kappa shape index (κ3) is 5.88. The van der Waals surface area contributed by atoms with Gasteiger partial charge in [0, 0.05) is 39.1 Å². The smallest absolute Gasteiger partial charge is 0.231 e. The van der Waals surface area contributed by atoms with Crippen LogP contribution in [0.3, 0.4) is 0 Å². The van der Waals surface area contributed by atoms with Crippen molar-refractivity contribution in [1.82, 2.24) is 20.2 Å². The Balaban J connectivity index is 0.00000256. The van der Waals surface area contributed by atoms with Gasteiger partial charge in [-0.15, -0.1) is 24.0 Å². The molecular formula is C22H26IN5O2. The lowest BCUT2D eigenvalue weighted by Crippen LogP contribution is -2.37. The van der Waals surface area contributed by atoms with Crippen molar-refractivity contribution in [2.45, 2.75) is 19.5 Å². The first-order valence-electron chi connectivity index (χ1n) is 9.67. The van der Waals surface area contributed by atoms with Gasteiger partial charge in [0.05, 0.1) is 6.33 Å². The Bertz CT molecular complexity index is 975. The summed E-state index contributed by atoms with van der Waals surface area (Å²) in [5.74, 6) is 2.42. The highest BCUT2D eigenvalue weighted by Crippen LogP contribution is 2.32. The summed E-state index contributed by atoms with van der Waals surface area (Å²) in [5.41, 5.74) is 3.65. The van der Waals surface area contributed by atoms with Crippen LogP contribution in [-0.2, 0) is 19.5 Å². The molecule has 0 aliphatic carbocycles. The predicted octanol–water partition coefficient (Wildman–Crippen LogP) is 3.19. The largest absolute Gasteiger partial charge is 0.454 e. The van der Waals surface area contributed by atoms with E-state index in [0.29, 0.717) is 13.3 Å². The first-order chi connectivity index (χ1) is 14.3. The molecule has 0 unspecified atom stereocenters. The fourth-order valence-electron chi connectivity index (χ4n) is 3.26. The Hall–Kier alpha value is -2.75. The van der Waals surface area contributed by atoms with Crippen LogP contribution in [-0.4, -0.2) is 35.9 Å². The van der Waals surface area contributed by atoms with E-state index in [1.807, 2.05) is 24.7 Å². The molecule has 2 heterocycles. The van der Waals surface area contributed by atoms with Crippen LogP contribution in [0.15, 0.2) is 66.2 Å². The van der Waals surface area contributed by atoms with Gasteiger partial charge >= 0.3 is 0 Å². The van der Waals surface area contributed by atoms with Crippen molar-refractivity contribution in [3.63, 3.8) is 0 Å². The number of hydrogen-bond donors (Lipinski definition) is 2. The maximum Gasteiger partial charge on any atom is 0.231 e. The lowest BCUT2D eigenvalue weighted by Gasteiger charge is -2.13. The van der Waals surface area contributed by atoms with Crippen molar-refractivity contribution in [3.8, 4) is 11.5 Å². The molecule has 2 N–H and O–H groups in total. The molecule has 3 aromatic rings. The SMILES string of the molecule is CN=C(NCCc1ccc2c(c1)OCO2)NCc1cccc(Cn2ccnc2)c1.I. The standard InChI is InChI=1S/C22H25N5O2.HI/c1-23-22(25-8-7-17-5-6-20-21(12-17)29-16-28-20)26-13-18-3-2-4-19(11-18)14-27-10-9-24-15-27;/h2-6,9-12,15H,7-8,13-14,16H2,1H3,(H2,23,25,26);1H. The van der Waals surface area contributed by atoms with E-state index < -0.39 is 0 Å². The molecule has 0 fully saturated rings. The van der Waals surface area contributed by atoms with Crippen molar-refractivity contribution in [3.05, 3.63) is 77.9 Å². The van der Waals surface area contributed by atoms with Gasteiger partial charge in [-0.25, -0.2) is 4.98 Å². The number of aromatic nitrogens is 2. The fourth-order valence-corrected chi connectivity index (χ4v) is 3.26. The molecule has 0 radical (unpaired) electrons. The molecule has 8 heteroatoms. The van der Waals surface area contributed by atoms with E-state index in [1.165, 1.54) is 16.7 Å². The van der Waals surface area contributed by atoms with Gasteiger partial charge in [-0.3, -0.25) is 4.99 Å². The maximum absolute atomic E-state index is 5.43. The number of hydrogen-bond acceptors (Lipinski definition) is 4. The summed E-state index contributed by atoms with van der Waals surface area (Å²) >= 11 is 0. The highest BCUT2D eigenvalue weighted by Gasteiger charge is 2.12. The molecule has 1 aliphatic rings. The molecule has 0 spiro atoms. The summed E-state index contributed by atoms with van der Waals surface area (Å²) in [6.45, 7) is 2.61. The predicted molar refractivity (Wildman–Crippen MR) is 128 cm³/mol. The highest BCUT2D eigenvalue weighted by molar-refractivity contribution is 14.0. The third-order valence-corrected chi connectivity index (χ3v) is 4.74. The summed E-state index contributed by atoms with van der Waals surface area (Å²) in [6, 6.07) is 14.6. The summed E-state index contributed by atoms with van der Waals surface area (Å²) in [7, 11) is 1.78. The number of nitrogens with one attached hydrogen (secondary N) is 2. The van der Waals surface area contributed by atoms with Crippen molar-refractivity contribution >= 4 is 29.9 Å². The first kappa shape index (κ1) is 21.9. The van der Waals surface area contributed by atoms with E-state index in [0.717, 1.165) is 37.0 Å². The van der Waals surface area contributed by atoms with Crippen LogP contribution in [0.2, 0.25) is 0 Å². The zero-order valence-electron chi connectivity index (χ0n) is 16.9. The molecule has 0 bridgehead atoms. The number of nitrogens with zero attached hydrogens (tertiary/aromatic N) is 3. The van der Waals surface area contributed by atoms with Crippen LogP contribution in [0.5, 0.6) is 11.5 Å². The van der Waals surface area contributed by atoms with E-state index >= 15 is 0 Å². The Morgan fingerprint density at radius 3 is 2.77 bits per heavy atom. The second kappa shape index (κ2) is 10.9. The minimum absolute atomic E-state index is 0. The van der Waals surface area contributed by atoms with Crippen LogP contribution >= 0.6 is 24.0 Å². The van der Waals surface area contributed by atoms with E-state index in [2.05, 4.69) is 55.5 Å². The average molecular weight is 519 g/mol. The van der Waals surface area contributed by atoms with E-state index in [-0.39, 0.29) is 24.0 Å². The lowest BCUT2D eigenvalue weighted by molar-refractivity contribution is 0.174. The summed E-state index contributed by atoms with van der Waals surface area (Å²) in [4.78, 5) is 8.40. The van der Waals surface area contributed by atoms with Crippen LogP contribution in [0.1, 0.15) is 16.7 Å². The number of imidazole rings is 1. The molecular weight excluding hydrogens is 493 g/mol. The first-order valence-corrected chi connectivity index (χ1v) is 9.67. The van der Waals surface area contributed by atoms with Crippen molar-refractivity contribution in [2.24, 2.45) is 4.99 Å². The van der Waals surface area contributed by atoms with Crippen LogP contribution in [0, 0.1) is 0 Å². The quantitative estimate of drug-likeness (QED) is 0.285. The van der Waals surface area contributed by atoms with E-state index in [4.69, 9.17) is 9.47 Å². The molecule has 1 aliphatic heterocycles. The van der Waals surface area contributed by atoms with Gasteiger partial charge in [0.1, 0.15) is 0 Å². The molecule has 7 nitrogen and oxygen atoms in total. The Kier molecular flexibility index (Phi) is 7.95. The average Bonchev–Trinajstić information content (AvgIpc) is 3.42. The van der Waals surface area contributed by atoms with Crippen LogP contribution in [0.4, 0.5) is 0 Å². The minimum atomic E-state index is 0. The molecule has 30 heavy (non-hydrogen) atoms. The van der Waals surface area contributed by atoms with Gasteiger partial charge in [0.15, 0.2) is 17.5 Å². The van der Waals surface area contributed by atoms with Crippen LogP contribution < -0.4 is 20.1 Å². The molecule has 0 saturated heterocycles. The summed E-state index contributed by atoms with van der Waals surface area (Å²) in [5, 5.41) is 6.74. The van der Waals surface area contributed by atoms with Gasteiger partial charge in [0.25, 0.3) is 0 Å². The topological polar surface area (TPSA) is 72.7 Å². The van der Waals surface area contributed by atoms with Crippen molar-refractivity contribution < 1.29 is 9.47 Å². The number of halogens is 1. The number of benzene rings is 2. The molecule has 0 saturated carbocycles. The Morgan fingerprint density at radius 1 is 1.07 bits per heavy atom. The van der Waals surface area contributed by atoms with Crippen molar-refractivity contribution in [1.29, 1.82) is 0 Å². The van der Waals surface area contributed by atoms with Gasteiger partial charge in [-0.05, 0) is 35.2 Å². The van der Waals surface area contributed by atoms with Gasteiger partial charge in [0.2, 0.25) is 6.79 Å². The summed E-state index contributed by atoms with van der Waals surface area (Å²) in [6.07, 6.45) is 6.47. The van der Waals surface area contributed by atoms with Gasteiger partial charge in [-0.2, -0.15) is 0 Å². The fraction of sp³-hybridized carbons (Fsp3) is 0.273. The highest BCUT2D eigenvalue weighted by atomic mass is 127. The monoisotopic (exact) mass is 519 g/mol. The lowest BCUT2D eigenvalue weighted by atomic mass is 10.1. The number of aliphatic imine (C=N–C) groups is 1. The molecule has 158 valence electrons. The van der Waals surface area contributed by atoms with Gasteiger partial charge < -0.3 is 24.7 Å². The van der Waals surface area contributed by atoms with Crippen LogP contribution in [0.25, 0.3) is 0 Å². The molecule has 0 amide bonds. The second-order valence-electron chi connectivity index (χ2n) is 6.85.